The maximum Gasteiger partial charge on any atom is 0.417 e. The molecule has 2 bridgehead atoms. The molecule has 224 valence electrons. The summed E-state index contributed by atoms with van der Waals surface area (Å²) in [6.07, 6.45) is -3.29. The molecule has 5 heterocycles. The lowest BCUT2D eigenvalue weighted by Gasteiger charge is -2.48. The molecular weight excluding hydrogens is 580 g/mol. The van der Waals surface area contributed by atoms with Gasteiger partial charge < -0.3 is 20.1 Å². The van der Waals surface area contributed by atoms with E-state index in [1.807, 2.05) is 4.90 Å². The average Bonchev–Trinajstić information content (AvgIpc) is 3.12. The van der Waals surface area contributed by atoms with E-state index >= 15 is 4.39 Å². The topological polar surface area (TPSA) is 107 Å². The van der Waals surface area contributed by atoms with Crippen LogP contribution in [0.25, 0.3) is 22.2 Å². The van der Waals surface area contributed by atoms with Gasteiger partial charge in [-0.3, -0.25) is 4.90 Å². The Morgan fingerprint density at radius 1 is 1.21 bits per heavy atom. The van der Waals surface area contributed by atoms with Crippen LogP contribution in [0, 0.1) is 12.7 Å². The van der Waals surface area contributed by atoms with Gasteiger partial charge in [0.2, 0.25) is 5.88 Å². The first-order valence-electron chi connectivity index (χ1n) is 13.5. The van der Waals surface area contributed by atoms with E-state index in [-0.39, 0.29) is 34.1 Å². The summed E-state index contributed by atoms with van der Waals surface area (Å²) in [6, 6.07) is 0.0615. The van der Waals surface area contributed by atoms with E-state index in [1.54, 1.807) is 32.6 Å². The normalized spacial score (nSPS) is 23.5. The molecule has 0 spiro atoms. The van der Waals surface area contributed by atoms with Gasteiger partial charge in [0, 0.05) is 6.54 Å². The van der Waals surface area contributed by atoms with E-state index in [0.717, 1.165) is 12.5 Å². The zero-order valence-electron chi connectivity index (χ0n) is 23.5. The van der Waals surface area contributed by atoms with Crippen LogP contribution >= 0.6 is 11.6 Å². The number of aryl methyl sites for hydroxylation is 1. The summed E-state index contributed by atoms with van der Waals surface area (Å²) in [5.41, 5.74) is 1.76. The molecule has 2 N–H and O–H groups in total. The molecule has 2 fully saturated rings. The van der Waals surface area contributed by atoms with E-state index in [2.05, 4.69) is 15.0 Å². The maximum absolute atomic E-state index is 15.4. The minimum Gasteiger partial charge on any atom is -0.472 e. The zero-order valence-corrected chi connectivity index (χ0v) is 24.3. The second-order valence-corrected chi connectivity index (χ2v) is 12.4. The second-order valence-electron chi connectivity index (χ2n) is 12.0. The van der Waals surface area contributed by atoms with Gasteiger partial charge >= 0.3 is 12.3 Å². The molecule has 3 aliphatic heterocycles. The lowest BCUT2D eigenvalue weighted by molar-refractivity contribution is -0.137. The number of pyridine rings is 1. The monoisotopic (exact) mass is 608 g/mol. The van der Waals surface area contributed by atoms with Gasteiger partial charge in [0.15, 0.2) is 5.82 Å². The van der Waals surface area contributed by atoms with Crippen molar-refractivity contribution in [1.29, 1.82) is 0 Å². The summed E-state index contributed by atoms with van der Waals surface area (Å²) in [5, 5.41) is -0.00261. The molecule has 1 amide bonds. The Morgan fingerprint density at radius 3 is 2.60 bits per heavy atom. The first-order valence-corrected chi connectivity index (χ1v) is 13.9. The smallest absolute Gasteiger partial charge is 0.417 e. The van der Waals surface area contributed by atoms with Crippen molar-refractivity contribution in [3.05, 3.63) is 34.4 Å². The fourth-order valence-electron chi connectivity index (χ4n) is 6.56. The average molecular weight is 609 g/mol. The number of piperazine rings is 1. The predicted octanol–water partition coefficient (Wildman–Crippen LogP) is 6.13. The van der Waals surface area contributed by atoms with Crippen LogP contribution < -0.4 is 15.4 Å². The number of aromatic nitrogens is 3. The van der Waals surface area contributed by atoms with Crippen LogP contribution in [-0.4, -0.2) is 62.3 Å². The van der Waals surface area contributed by atoms with Gasteiger partial charge in [0.25, 0.3) is 0 Å². The number of nitrogen functional groups attached to an aromatic ring is 1. The highest BCUT2D eigenvalue weighted by molar-refractivity contribution is 6.38. The van der Waals surface area contributed by atoms with Crippen molar-refractivity contribution in [2.45, 2.75) is 83.5 Å². The Balaban J connectivity index is 1.53. The molecule has 9 nitrogen and oxygen atoms in total. The molecular formula is C28H29ClF4N6O3. The van der Waals surface area contributed by atoms with Crippen LogP contribution in [0.5, 0.6) is 5.88 Å². The van der Waals surface area contributed by atoms with E-state index in [0.29, 0.717) is 24.2 Å². The first-order chi connectivity index (χ1) is 19.6. The highest BCUT2D eigenvalue weighted by Gasteiger charge is 2.53. The molecule has 0 radical (unpaired) electrons. The van der Waals surface area contributed by atoms with E-state index in [4.69, 9.17) is 26.8 Å². The number of fused-ring (bicyclic) bond motifs is 5. The Bertz CT molecular complexity index is 1630. The highest BCUT2D eigenvalue weighted by Crippen LogP contribution is 2.49. The molecule has 0 unspecified atom stereocenters. The number of anilines is 2. The Morgan fingerprint density at radius 2 is 1.93 bits per heavy atom. The molecule has 0 saturated carbocycles. The minimum atomic E-state index is -4.93. The van der Waals surface area contributed by atoms with E-state index in [9.17, 15) is 18.0 Å². The number of alkyl halides is 3. The van der Waals surface area contributed by atoms with Gasteiger partial charge in [-0.15, -0.1) is 0 Å². The summed E-state index contributed by atoms with van der Waals surface area (Å²) in [7, 11) is 0. The summed E-state index contributed by atoms with van der Waals surface area (Å²) in [4.78, 5) is 30.2. The summed E-state index contributed by atoms with van der Waals surface area (Å²) >= 11 is 6.69. The lowest BCUT2D eigenvalue weighted by atomic mass is 9.96. The first kappa shape index (κ1) is 28.5. The largest absolute Gasteiger partial charge is 0.472 e. The number of nitrogens with zero attached hydrogens (tertiary/aromatic N) is 5. The van der Waals surface area contributed by atoms with Crippen LogP contribution in [0.3, 0.4) is 0 Å². The SMILES string of the molecule is Cc1cc(N)c(F)c(-c2nc3c4c(ncnc4c2Cl)N2C[C@H]4CC[C@@H]([C@H]2[C@H](C)O3)N4C(=O)OC(C)(C)C)c1C(F)(F)F. The maximum atomic E-state index is 15.4. The van der Waals surface area contributed by atoms with Crippen molar-refractivity contribution in [2.24, 2.45) is 0 Å². The number of ether oxygens (including phenoxy) is 2. The molecule has 0 aliphatic carbocycles. The predicted molar refractivity (Wildman–Crippen MR) is 148 cm³/mol. The standard InChI is InChI=1S/C28H29ClF4N6O3/c1-11-8-14(34)20(30)16(18(11)28(31,32)33)22-19(29)21-17-24(36-10-35-21)38-9-13-6-7-15(23(38)12(2)41-25(17)37-22)39(13)26(40)42-27(3,4)5/h8,10,12-13,15,23H,6-7,9,34H2,1-5H3/t12-,13+,15-,23+/m0/s1. The number of carbonyl (C=O) groups excluding carboxylic acids is 1. The quantitative estimate of drug-likeness (QED) is 0.260. The number of carbonyl (C=O) groups is 1. The number of amides is 1. The van der Waals surface area contributed by atoms with Gasteiger partial charge in [0.1, 0.15) is 34.8 Å². The van der Waals surface area contributed by atoms with E-state index in [1.165, 1.54) is 13.3 Å². The van der Waals surface area contributed by atoms with Crippen LogP contribution in [0.15, 0.2) is 12.4 Å². The highest BCUT2D eigenvalue weighted by atomic mass is 35.5. The molecule has 3 aromatic rings. The van der Waals surface area contributed by atoms with Crippen molar-refractivity contribution in [1.82, 2.24) is 19.9 Å². The van der Waals surface area contributed by atoms with Crippen molar-refractivity contribution in [3.8, 4) is 17.1 Å². The van der Waals surface area contributed by atoms with Crippen LogP contribution in [0.1, 0.15) is 51.7 Å². The number of benzene rings is 1. The second kappa shape index (κ2) is 9.45. The third kappa shape index (κ3) is 4.35. The zero-order chi connectivity index (χ0) is 30.5. The summed E-state index contributed by atoms with van der Waals surface area (Å²) < 4.78 is 70.2. The van der Waals surface area contributed by atoms with Gasteiger partial charge in [-0.1, -0.05) is 11.6 Å². The van der Waals surface area contributed by atoms with Crippen molar-refractivity contribution < 1.29 is 31.8 Å². The number of rotatable bonds is 1. The van der Waals surface area contributed by atoms with Crippen molar-refractivity contribution in [3.63, 3.8) is 0 Å². The van der Waals surface area contributed by atoms with Crippen molar-refractivity contribution in [2.75, 3.05) is 17.2 Å². The fraction of sp³-hybridized carbons (Fsp3) is 0.500. The minimum absolute atomic E-state index is 0.0593. The van der Waals surface area contributed by atoms with Gasteiger partial charge in [0.05, 0.1) is 45.7 Å². The molecule has 6 rings (SSSR count). The third-order valence-corrected chi connectivity index (χ3v) is 8.40. The molecule has 1 aromatic carbocycles. The third-order valence-electron chi connectivity index (χ3n) is 8.04. The number of halogens is 5. The van der Waals surface area contributed by atoms with Crippen LogP contribution in [-0.2, 0) is 10.9 Å². The molecule has 14 heteroatoms. The Kier molecular flexibility index (Phi) is 6.41. The molecule has 42 heavy (non-hydrogen) atoms. The van der Waals surface area contributed by atoms with Gasteiger partial charge in [-0.05, 0) is 59.1 Å². The Labute approximate surface area is 243 Å². The molecule has 2 saturated heterocycles. The summed E-state index contributed by atoms with van der Waals surface area (Å²) in [6.45, 7) is 8.79. The van der Waals surface area contributed by atoms with Gasteiger partial charge in [-0.2, -0.15) is 13.2 Å². The lowest BCUT2D eigenvalue weighted by Crippen LogP contribution is -2.65. The van der Waals surface area contributed by atoms with Crippen LogP contribution in [0.2, 0.25) is 5.02 Å². The number of hydrogen-bond donors (Lipinski definition) is 1. The van der Waals surface area contributed by atoms with Crippen LogP contribution in [0.4, 0.5) is 33.9 Å². The molecule has 2 aromatic heterocycles. The van der Waals surface area contributed by atoms with Crippen molar-refractivity contribution >= 4 is 40.1 Å². The number of hydrogen-bond acceptors (Lipinski definition) is 8. The van der Waals surface area contributed by atoms with Gasteiger partial charge in [-0.25, -0.2) is 24.1 Å². The molecule has 4 atom stereocenters. The summed E-state index contributed by atoms with van der Waals surface area (Å²) in [5.74, 6) is -0.965. The fourth-order valence-corrected chi connectivity index (χ4v) is 6.84. The molecule has 3 aliphatic rings. The number of nitrogens with two attached hydrogens (primary N) is 1. The Hall–Kier alpha value is -3.61. The van der Waals surface area contributed by atoms with E-state index < -0.39 is 58.3 Å².